The summed E-state index contributed by atoms with van der Waals surface area (Å²) in [4.78, 5) is 4.47. The van der Waals surface area contributed by atoms with Crippen LogP contribution in [0.4, 0.5) is 0 Å². The van der Waals surface area contributed by atoms with Gasteiger partial charge in [-0.2, -0.15) is 0 Å². The Morgan fingerprint density at radius 2 is 2.11 bits per heavy atom. The van der Waals surface area contributed by atoms with Gasteiger partial charge in [0.2, 0.25) is 6.79 Å². The van der Waals surface area contributed by atoms with Crippen LogP contribution in [-0.2, 0) is 6.42 Å². The van der Waals surface area contributed by atoms with Gasteiger partial charge >= 0.3 is 0 Å². The monoisotopic (exact) mass is 244 g/mol. The molecule has 0 spiro atoms. The van der Waals surface area contributed by atoms with Crippen molar-refractivity contribution in [2.75, 3.05) is 13.3 Å². The molecular formula is C14H16N2O2. The van der Waals surface area contributed by atoms with Gasteiger partial charge in [0, 0.05) is 17.3 Å². The summed E-state index contributed by atoms with van der Waals surface area (Å²) < 4.78 is 10.8. The first-order valence-corrected chi connectivity index (χ1v) is 6.15. The fraction of sp³-hybridized carbons (Fsp3) is 0.357. The molecule has 4 nitrogen and oxygen atoms in total. The summed E-state index contributed by atoms with van der Waals surface area (Å²) in [6.07, 6.45) is 2.72. The van der Waals surface area contributed by atoms with E-state index in [9.17, 15) is 0 Å². The average Bonchev–Trinajstić information content (AvgIpc) is 2.83. The van der Waals surface area contributed by atoms with Crippen LogP contribution in [-0.4, -0.2) is 18.3 Å². The van der Waals surface area contributed by atoms with Crippen LogP contribution in [0.5, 0.6) is 11.5 Å². The lowest BCUT2D eigenvalue weighted by Gasteiger charge is -2.10. The van der Waals surface area contributed by atoms with Gasteiger partial charge in [0.15, 0.2) is 11.5 Å². The first-order valence-electron chi connectivity index (χ1n) is 6.15. The van der Waals surface area contributed by atoms with Gasteiger partial charge in [-0.05, 0) is 42.5 Å². The number of ether oxygens (including phenoxy) is 2. The molecule has 0 radical (unpaired) electrons. The first-order chi connectivity index (χ1) is 8.78. The van der Waals surface area contributed by atoms with Crippen molar-refractivity contribution >= 4 is 10.8 Å². The lowest BCUT2D eigenvalue weighted by atomic mass is 10.0. The molecule has 1 aromatic carbocycles. The van der Waals surface area contributed by atoms with Crippen molar-refractivity contribution in [1.29, 1.82) is 0 Å². The van der Waals surface area contributed by atoms with Gasteiger partial charge in [0.1, 0.15) is 0 Å². The number of aromatic nitrogens is 1. The largest absolute Gasteiger partial charge is 0.454 e. The Hall–Kier alpha value is -1.81. The van der Waals surface area contributed by atoms with Crippen LogP contribution in [0.15, 0.2) is 24.4 Å². The summed E-state index contributed by atoms with van der Waals surface area (Å²) in [6.45, 7) is 3.10. The van der Waals surface area contributed by atoms with Crippen LogP contribution in [0.2, 0.25) is 0 Å². The fourth-order valence-electron chi connectivity index (χ4n) is 2.20. The summed E-state index contributed by atoms with van der Waals surface area (Å²) in [5, 5.41) is 2.26. The Morgan fingerprint density at radius 3 is 2.89 bits per heavy atom. The third-order valence-corrected chi connectivity index (χ3v) is 3.28. The van der Waals surface area contributed by atoms with Crippen molar-refractivity contribution in [3.63, 3.8) is 0 Å². The van der Waals surface area contributed by atoms with Gasteiger partial charge in [-0.15, -0.1) is 0 Å². The molecular weight excluding hydrogens is 228 g/mol. The topological polar surface area (TPSA) is 57.4 Å². The lowest BCUT2D eigenvalue weighted by molar-refractivity contribution is 0.174. The standard InChI is InChI=1S/C14H16N2O2/c1-9(7-15)4-12-11-6-14-13(17-8-18-14)5-10(11)2-3-16-12/h2-3,5-6,9H,4,7-8,15H2,1H3. The van der Waals surface area contributed by atoms with Crippen molar-refractivity contribution in [2.24, 2.45) is 11.7 Å². The molecule has 0 amide bonds. The predicted molar refractivity (Wildman–Crippen MR) is 69.8 cm³/mol. The van der Waals surface area contributed by atoms with Crippen molar-refractivity contribution in [2.45, 2.75) is 13.3 Å². The molecule has 4 heteroatoms. The van der Waals surface area contributed by atoms with E-state index in [2.05, 4.69) is 11.9 Å². The van der Waals surface area contributed by atoms with E-state index in [0.717, 1.165) is 34.4 Å². The van der Waals surface area contributed by atoms with E-state index in [0.29, 0.717) is 19.3 Å². The Labute approximate surface area is 106 Å². The number of nitrogens with zero attached hydrogens (tertiary/aromatic N) is 1. The van der Waals surface area contributed by atoms with Crippen molar-refractivity contribution in [1.82, 2.24) is 4.98 Å². The van der Waals surface area contributed by atoms with E-state index < -0.39 is 0 Å². The van der Waals surface area contributed by atoms with Gasteiger partial charge < -0.3 is 15.2 Å². The number of rotatable bonds is 3. The molecule has 1 unspecified atom stereocenters. The second-order valence-corrected chi connectivity index (χ2v) is 4.73. The maximum atomic E-state index is 5.68. The maximum absolute atomic E-state index is 5.68. The minimum Gasteiger partial charge on any atom is -0.454 e. The summed E-state index contributed by atoms with van der Waals surface area (Å²) in [5.74, 6) is 2.04. The van der Waals surface area contributed by atoms with Crippen LogP contribution in [0.1, 0.15) is 12.6 Å². The van der Waals surface area contributed by atoms with E-state index in [1.54, 1.807) is 0 Å². The number of benzene rings is 1. The van der Waals surface area contributed by atoms with Crippen LogP contribution in [0.3, 0.4) is 0 Å². The molecule has 0 bridgehead atoms. The average molecular weight is 244 g/mol. The third kappa shape index (κ3) is 1.88. The number of hydrogen-bond donors (Lipinski definition) is 1. The summed E-state index contributed by atoms with van der Waals surface area (Å²) >= 11 is 0. The molecule has 1 aliphatic heterocycles. The van der Waals surface area contributed by atoms with Crippen molar-refractivity contribution in [3.05, 3.63) is 30.1 Å². The molecule has 1 aromatic heterocycles. The summed E-state index contributed by atoms with van der Waals surface area (Å²) in [5.41, 5.74) is 6.75. The zero-order valence-corrected chi connectivity index (χ0v) is 10.3. The highest BCUT2D eigenvalue weighted by molar-refractivity contribution is 5.88. The van der Waals surface area contributed by atoms with Crippen LogP contribution in [0.25, 0.3) is 10.8 Å². The van der Waals surface area contributed by atoms with Gasteiger partial charge in [-0.25, -0.2) is 0 Å². The molecule has 2 heterocycles. The Bertz CT molecular complexity index is 583. The van der Waals surface area contributed by atoms with E-state index >= 15 is 0 Å². The smallest absolute Gasteiger partial charge is 0.231 e. The van der Waals surface area contributed by atoms with E-state index in [4.69, 9.17) is 15.2 Å². The SMILES string of the molecule is CC(CN)Cc1nccc2cc3c(cc12)OCO3. The van der Waals surface area contributed by atoms with Crippen molar-refractivity contribution in [3.8, 4) is 11.5 Å². The Balaban J connectivity index is 2.09. The zero-order chi connectivity index (χ0) is 12.5. The number of nitrogens with two attached hydrogens (primary N) is 1. The second kappa shape index (κ2) is 4.46. The molecule has 2 N–H and O–H groups in total. The molecule has 0 saturated carbocycles. The minimum absolute atomic E-state index is 0.299. The Kier molecular flexibility index (Phi) is 2.80. The highest BCUT2D eigenvalue weighted by atomic mass is 16.7. The van der Waals surface area contributed by atoms with Crippen LogP contribution >= 0.6 is 0 Å². The lowest BCUT2D eigenvalue weighted by Crippen LogP contribution is -2.13. The molecule has 0 fully saturated rings. The quantitative estimate of drug-likeness (QED) is 0.898. The van der Waals surface area contributed by atoms with E-state index in [1.807, 2.05) is 24.4 Å². The normalized spacial score (nSPS) is 15.0. The van der Waals surface area contributed by atoms with E-state index in [-0.39, 0.29) is 0 Å². The summed E-state index contributed by atoms with van der Waals surface area (Å²) in [7, 11) is 0. The molecule has 18 heavy (non-hydrogen) atoms. The maximum Gasteiger partial charge on any atom is 0.231 e. The van der Waals surface area contributed by atoms with Gasteiger partial charge in [-0.1, -0.05) is 6.92 Å². The number of hydrogen-bond acceptors (Lipinski definition) is 4. The van der Waals surface area contributed by atoms with Crippen LogP contribution < -0.4 is 15.2 Å². The minimum atomic E-state index is 0.299. The predicted octanol–water partition coefficient (Wildman–Crippen LogP) is 2.10. The third-order valence-electron chi connectivity index (χ3n) is 3.28. The zero-order valence-electron chi connectivity index (χ0n) is 10.3. The van der Waals surface area contributed by atoms with E-state index in [1.165, 1.54) is 0 Å². The molecule has 0 saturated heterocycles. The second-order valence-electron chi connectivity index (χ2n) is 4.73. The summed E-state index contributed by atoms with van der Waals surface area (Å²) in [6, 6.07) is 6.02. The molecule has 3 rings (SSSR count). The highest BCUT2D eigenvalue weighted by Crippen LogP contribution is 2.36. The first kappa shape index (κ1) is 11.3. The highest BCUT2D eigenvalue weighted by Gasteiger charge is 2.16. The van der Waals surface area contributed by atoms with Gasteiger partial charge in [0.25, 0.3) is 0 Å². The number of pyridine rings is 1. The molecule has 0 aliphatic carbocycles. The Morgan fingerprint density at radius 1 is 1.33 bits per heavy atom. The van der Waals surface area contributed by atoms with Crippen molar-refractivity contribution < 1.29 is 9.47 Å². The fourth-order valence-corrected chi connectivity index (χ4v) is 2.20. The molecule has 2 aromatic rings. The molecule has 94 valence electrons. The molecule has 1 atom stereocenters. The number of fused-ring (bicyclic) bond motifs is 2. The van der Waals surface area contributed by atoms with Crippen LogP contribution in [0, 0.1) is 5.92 Å². The van der Waals surface area contributed by atoms with Gasteiger partial charge in [0.05, 0.1) is 0 Å². The molecule has 1 aliphatic rings. The van der Waals surface area contributed by atoms with Gasteiger partial charge in [-0.3, -0.25) is 4.98 Å².